The average Bonchev–Trinajstić information content (AvgIpc) is 3.32. The van der Waals surface area contributed by atoms with Crippen molar-refractivity contribution < 1.29 is 102 Å². The van der Waals surface area contributed by atoms with Gasteiger partial charge in [0.1, 0.15) is 58.8 Å². The van der Waals surface area contributed by atoms with Gasteiger partial charge in [0.25, 0.3) is 5.88 Å². The molecule has 354 valence electrons. The van der Waals surface area contributed by atoms with Gasteiger partial charge >= 0.3 is 0 Å². The number of nitrogens with zero attached hydrogens (tertiary/aromatic N) is 2. The lowest BCUT2D eigenvalue weighted by atomic mass is 9.12. The maximum Gasteiger partial charge on any atom is 0.280 e. The van der Waals surface area contributed by atoms with Crippen molar-refractivity contribution in [2.45, 2.75) is 44.8 Å². The molecule has 0 saturated heterocycles. The summed E-state index contributed by atoms with van der Waals surface area (Å²) in [6.45, 7) is 0.299. The second-order valence-electron chi connectivity index (χ2n) is 14.5. The topological polar surface area (TPSA) is 43.1 Å². The van der Waals surface area contributed by atoms with Crippen molar-refractivity contribution in [3.8, 4) is 5.88 Å². The number of rotatable bonds is 9. The number of aromatic nitrogens is 2. The van der Waals surface area contributed by atoms with E-state index in [1.165, 1.54) is 19.3 Å². The Morgan fingerprint density at radius 1 is 0.478 bits per heavy atom. The van der Waals surface area contributed by atoms with Gasteiger partial charge in [-0.15, -0.1) is 21.9 Å². The van der Waals surface area contributed by atoms with Crippen LogP contribution in [0.15, 0.2) is 48.9 Å². The van der Waals surface area contributed by atoms with Crippen molar-refractivity contribution in [1.82, 2.24) is 4.98 Å². The molecule has 1 aromatic heterocycles. The highest BCUT2D eigenvalue weighted by Gasteiger charge is 2.52. The van der Waals surface area contributed by atoms with Gasteiger partial charge in [-0.3, -0.25) is 4.79 Å². The van der Waals surface area contributed by atoms with E-state index in [0.717, 1.165) is 18.4 Å². The van der Waals surface area contributed by atoms with Crippen LogP contribution in [0.5, 0.6) is 5.88 Å². The lowest BCUT2D eigenvalue weighted by molar-refractivity contribution is -0.684. The number of Topliss-reactive ketones (excluding diaryl/α,β-unsaturated/α-hetero) is 1. The monoisotopic (exact) mass is 976 g/mol. The summed E-state index contributed by atoms with van der Waals surface area (Å²) >= 11 is 0. The zero-order valence-electron chi connectivity index (χ0n) is 32.8. The predicted molar refractivity (Wildman–Crippen MR) is 192 cm³/mol. The molecule has 0 radical (unpaired) electrons. The van der Waals surface area contributed by atoms with Gasteiger partial charge in [0.05, 0.1) is 6.20 Å². The normalized spacial score (nSPS) is 13.1. The molecule has 25 heteroatoms. The fourth-order valence-corrected chi connectivity index (χ4v) is 7.68. The zero-order chi connectivity index (χ0) is 49.6. The van der Waals surface area contributed by atoms with E-state index in [2.05, 4.69) is 4.98 Å². The van der Waals surface area contributed by atoms with Crippen LogP contribution in [0.3, 0.4) is 0 Å². The smallest absolute Gasteiger partial charge is 0.280 e. The third-order valence-electron chi connectivity index (χ3n) is 10.7. The van der Waals surface area contributed by atoms with E-state index in [-0.39, 0.29) is 11.9 Å². The summed E-state index contributed by atoms with van der Waals surface area (Å²) in [5.74, 6) is -70.7. The molecule has 0 amide bonds. The van der Waals surface area contributed by atoms with E-state index >= 15 is 35.1 Å². The summed E-state index contributed by atoms with van der Waals surface area (Å²) in [7, 11) is 0. The van der Waals surface area contributed by atoms with Crippen LogP contribution in [0.1, 0.15) is 42.5 Å². The Morgan fingerprint density at radius 3 is 1.12 bits per heavy atom. The van der Waals surface area contributed by atoms with Gasteiger partial charge in [0.15, 0.2) is 76.0 Å². The van der Waals surface area contributed by atoms with Crippen molar-refractivity contribution in [2.24, 2.45) is 0 Å². The van der Waals surface area contributed by atoms with Crippen LogP contribution in [0.25, 0.3) is 0 Å². The molecule has 7 rings (SSSR count). The van der Waals surface area contributed by atoms with Gasteiger partial charge < -0.3 is 4.74 Å². The first-order valence-corrected chi connectivity index (χ1v) is 18.8. The zero-order valence-corrected chi connectivity index (χ0v) is 32.8. The Hall–Kier alpha value is -6.69. The Bertz CT molecular complexity index is 2550. The largest absolute Gasteiger partial charge is 0.470 e. The van der Waals surface area contributed by atoms with Gasteiger partial charge in [0.2, 0.25) is 18.5 Å². The SMILES string of the molecule is Fc1c(F)c(F)c([B-](c2c(F)c(F)c(F)c(F)c2F)(c2c(F)c(F)c(F)c(F)c2F)c2c(F)c(F)c(F)c(F)c2F)c(F)c1F.O=C(C[n+]1ccnc(OC2CCCCC2)c1)c1ccccc1. The van der Waals surface area contributed by atoms with Crippen molar-refractivity contribution in [1.29, 1.82) is 0 Å². The predicted octanol–water partition coefficient (Wildman–Crippen LogP) is 8.81. The van der Waals surface area contributed by atoms with Gasteiger partial charge in [-0.1, -0.05) is 36.8 Å². The van der Waals surface area contributed by atoms with E-state index in [4.69, 9.17) is 4.74 Å². The molecule has 6 aromatic rings. The molecular formula is C42H21BF20N2O2. The molecule has 1 heterocycles. The molecule has 0 bridgehead atoms. The summed E-state index contributed by atoms with van der Waals surface area (Å²) in [4.78, 5) is 16.5. The molecule has 0 unspecified atom stereocenters. The quantitative estimate of drug-likeness (QED) is 0.0364. The third kappa shape index (κ3) is 8.51. The summed E-state index contributed by atoms with van der Waals surface area (Å²) < 4.78 is 302. The molecule has 1 aliphatic rings. The highest BCUT2D eigenvalue weighted by Crippen LogP contribution is 2.31. The molecule has 0 aliphatic heterocycles. The number of ether oxygens (including phenoxy) is 1. The number of benzene rings is 5. The summed E-state index contributed by atoms with van der Waals surface area (Å²) in [5, 5.41) is 0. The molecular weight excluding hydrogens is 955 g/mol. The van der Waals surface area contributed by atoms with Crippen LogP contribution < -0.4 is 31.2 Å². The lowest BCUT2D eigenvalue weighted by Crippen LogP contribution is -2.81. The molecule has 1 fully saturated rings. The molecule has 0 N–H and O–H groups in total. The molecule has 0 atom stereocenters. The van der Waals surface area contributed by atoms with E-state index in [0.29, 0.717) is 12.4 Å². The summed E-state index contributed by atoms with van der Waals surface area (Å²) in [5.41, 5.74) is -13.6. The molecule has 1 saturated carbocycles. The van der Waals surface area contributed by atoms with Gasteiger partial charge in [0, 0.05) is 5.56 Å². The fraction of sp³-hybridized carbons (Fsp3) is 0.167. The third-order valence-corrected chi connectivity index (χ3v) is 10.7. The van der Waals surface area contributed by atoms with Gasteiger partial charge in [-0.05, 0) is 25.7 Å². The minimum atomic E-state index is -7.22. The fourth-order valence-electron chi connectivity index (χ4n) is 7.68. The Morgan fingerprint density at radius 2 is 0.791 bits per heavy atom. The number of carbonyl (C=O) groups is 1. The summed E-state index contributed by atoms with van der Waals surface area (Å²) in [6, 6.07) is 9.34. The van der Waals surface area contributed by atoms with Crippen LogP contribution in [0, 0.1) is 116 Å². The number of hydrogen-bond acceptors (Lipinski definition) is 3. The van der Waals surface area contributed by atoms with Crippen LogP contribution in [0.4, 0.5) is 87.8 Å². The van der Waals surface area contributed by atoms with Gasteiger partial charge in [-0.25, -0.2) is 92.8 Å². The first kappa shape index (κ1) is 49.7. The standard InChI is InChI=1S/C24BF20.C18H21N2O2/c26-5-1(6(27)14(35)21(42)13(5)34)25(2-7(28)15(36)22(43)16(37)8(2)29,3-9(30)17(38)23(44)18(39)10(3)31)4-11(32)19(40)24(45)20(41)12(4)33;21-17(15-7-3-1-4-8-15)13-20-12-11-19-18(14-20)22-16-9-5-2-6-10-16/h;1,3-4,7-8,11-12,14,16H,2,5-6,9-10,13H2/q-1;+1. The Kier molecular flexibility index (Phi) is 14.3. The average molecular weight is 976 g/mol. The highest BCUT2D eigenvalue weighted by atomic mass is 19.2. The number of hydrogen-bond donors (Lipinski definition) is 0. The number of halogens is 20. The van der Waals surface area contributed by atoms with Crippen molar-refractivity contribution >= 4 is 33.8 Å². The molecule has 4 nitrogen and oxygen atoms in total. The second-order valence-corrected chi connectivity index (χ2v) is 14.5. The minimum absolute atomic E-state index is 0.0837. The van der Waals surface area contributed by atoms with E-state index in [1.807, 2.05) is 41.1 Å². The molecule has 67 heavy (non-hydrogen) atoms. The van der Waals surface area contributed by atoms with E-state index < -0.39 is 144 Å². The van der Waals surface area contributed by atoms with E-state index in [9.17, 15) is 57.5 Å². The Balaban J connectivity index is 0.000000279. The minimum Gasteiger partial charge on any atom is -0.470 e. The first-order chi connectivity index (χ1) is 31.5. The lowest BCUT2D eigenvalue weighted by Gasteiger charge is -2.44. The Labute approximate surface area is 362 Å². The number of ketones is 1. The van der Waals surface area contributed by atoms with Crippen molar-refractivity contribution in [2.75, 3.05) is 0 Å². The molecule has 5 aromatic carbocycles. The van der Waals surface area contributed by atoms with Crippen molar-refractivity contribution in [3.05, 3.63) is 171 Å². The summed E-state index contributed by atoms with van der Waals surface area (Å²) in [6.07, 6.45) is 4.30. The highest BCUT2D eigenvalue weighted by molar-refractivity contribution is 7.20. The van der Waals surface area contributed by atoms with Gasteiger partial charge in [-0.2, -0.15) is 4.57 Å². The van der Waals surface area contributed by atoms with E-state index in [1.54, 1.807) is 12.4 Å². The van der Waals surface area contributed by atoms with Crippen LogP contribution in [-0.4, -0.2) is 23.0 Å². The number of carbonyl (C=O) groups excluding carboxylic acids is 1. The second kappa shape index (κ2) is 19.3. The maximum absolute atomic E-state index is 15.4. The molecule has 1 aliphatic carbocycles. The van der Waals surface area contributed by atoms with Crippen LogP contribution in [0.2, 0.25) is 0 Å². The first-order valence-electron chi connectivity index (χ1n) is 18.8. The van der Waals surface area contributed by atoms with Crippen LogP contribution >= 0.6 is 0 Å². The van der Waals surface area contributed by atoms with Crippen LogP contribution in [-0.2, 0) is 6.54 Å². The molecule has 0 spiro atoms. The van der Waals surface area contributed by atoms with Crippen molar-refractivity contribution in [3.63, 3.8) is 0 Å². The maximum atomic E-state index is 15.4.